The summed E-state index contributed by atoms with van der Waals surface area (Å²) in [4.78, 5) is 0. The smallest absolute Gasteiger partial charge is 0.00798 e. The Labute approximate surface area is 127 Å². The van der Waals surface area contributed by atoms with Crippen molar-refractivity contribution in [2.75, 3.05) is 0 Å². The van der Waals surface area contributed by atoms with Gasteiger partial charge < -0.3 is 5.32 Å². The molecule has 2 fully saturated rings. The Morgan fingerprint density at radius 3 is 2.05 bits per heavy atom. The fourth-order valence-electron chi connectivity index (χ4n) is 5.28. The predicted molar refractivity (Wildman–Crippen MR) is 88.9 cm³/mol. The second-order valence-corrected chi connectivity index (χ2v) is 9.64. The van der Waals surface area contributed by atoms with Crippen LogP contribution < -0.4 is 5.32 Å². The summed E-state index contributed by atoms with van der Waals surface area (Å²) in [5.74, 6) is 1.81. The van der Waals surface area contributed by atoms with Gasteiger partial charge in [0.15, 0.2) is 0 Å². The van der Waals surface area contributed by atoms with Gasteiger partial charge >= 0.3 is 0 Å². The second kappa shape index (κ2) is 5.99. The fraction of sp³-hybridized carbons (Fsp3) is 1.00. The molecule has 0 aromatic heterocycles. The van der Waals surface area contributed by atoms with E-state index in [1.807, 2.05) is 0 Å². The largest absolute Gasteiger partial charge is 0.311 e. The zero-order valence-corrected chi connectivity index (χ0v) is 14.8. The normalized spacial score (nSPS) is 34.4. The summed E-state index contributed by atoms with van der Waals surface area (Å²) in [6, 6.07) is 1.52. The minimum Gasteiger partial charge on any atom is -0.311 e. The summed E-state index contributed by atoms with van der Waals surface area (Å²) in [6.07, 6.45) is 9.79. The maximum Gasteiger partial charge on any atom is 0.00798 e. The summed E-state index contributed by atoms with van der Waals surface area (Å²) >= 11 is 0. The molecule has 20 heavy (non-hydrogen) atoms. The monoisotopic (exact) mass is 279 g/mol. The van der Waals surface area contributed by atoms with E-state index >= 15 is 0 Å². The zero-order valence-electron chi connectivity index (χ0n) is 14.8. The van der Waals surface area contributed by atoms with Gasteiger partial charge in [0.2, 0.25) is 0 Å². The van der Waals surface area contributed by atoms with Crippen molar-refractivity contribution in [3.05, 3.63) is 0 Å². The highest BCUT2D eigenvalue weighted by molar-refractivity contribution is 4.94. The van der Waals surface area contributed by atoms with Crippen LogP contribution in [0.4, 0.5) is 0 Å². The van der Waals surface area contributed by atoms with Crippen molar-refractivity contribution < 1.29 is 0 Å². The lowest BCUT2D eigenvalue weighted by atomic mass is 9.63. The van der Waals surface area contributed by atoms with Crippen molar-refractivity contribution >= 4 is 0 Å². The average molecular weight is 280 g/mol. The lowest BCUT2D eigenvalue weighted by Gasteiger charge is -2.47. The number of rotatable bonds is 3. The first-order chi connectivity index (χ1) is 9.17. The Bertz CT molecular complexity index is 300. The van der Waals surface area contributed by atoms with Crippen molar-refractivity contribution in [3.63, 3.8) is 0 Å². The molecule has 0 heterocycles. The molecule has 0 aromatic rings. The molecule has 118 valence electrons. The SMILES string of the molecule is CC(C)C1CCCC(NC2CC(C)(C)CC(C)(C)C2)C1. The standard InChI is InChI=1S/C19H37N/c1-14(2)15-8-7-9-16(10-15)20-17-11-18(3,4)13-19(5,6)12-17/h14-17,20H,7-13H2,1-6H3. The molecule has 2 rings (SSSR count). The molecule has 0 aromatic carbocycles. The van der Waals surface area contributed by atoms with Gasteiger partial charge in [0, 0.05) is 12.1 Å². The maximum absolute atomic E-state index is 4.05. The van der Waals surface area contributed by atoms with Crippen LogP contribution in [0.3, 0.4) is 0 Å². The van der Waals surface area contributed by atoms with Crippen LogP contribution >= 0.6 is 0 Å². The minimum atomic E-state index is 0.505. The molecule has 1 nitrogen and oxygen atoms in total. The Morgan fingerprint density at radius 1 is 0.900 bits per heavy atom. The average Bonchev–Trinajstić information content (AvgIpc) is 2.24. The van der Waals surface area contributed by atoms with Gasteiger partial charge in [0.05, 0.1) is 0 Å². The first-order valence-corrected chi connectivity index (χ1v) is 8.93. The molecule has 2 atom stereocenters. The fourth-order valence-corrected chi connectivity index (χ4v) is 5.28. The van der Waals surface area contributed by atoms with Gasteiger partial charge in [-0.1, -0.05) is 54.4 Å². The molecule has 1 N–H and O–H groups in total. The van der Waals surface area contributed by atoms with E-state index in [0.29, 0.717) is 10.8 Å². The zero-order chi connectivity index (χ0) is 15.0. The number of nitrogens with one attached hydrogen (secondary N) is 1. The molecule has 0 spiro atoms. The molecule has 1 heteroatoms. The summed E-state index contributed by atoms with van der Waals surface area (Å²) in [7, 11) is 0. The van der Waals surface area contributed by atoms with E-state index in [1.54, 1.807) is 0 Å². The molecular formula is C19H37N. The van der Waals surface area contributed by atoms with E-state index in [9.17, 15) is 0 Å². The lowest BCUT2D eigenvalue weighted by molar-refractivity contribution is 0.0739. The highest BCUT2D eigenvalue weighted by Crippen LogP contribution is 2.46. The molecule has 0 bridgehead atoms. The minimum absolute atomic E-state index is 0.505. The third-order valence-corrected chi connectivity index (χ3v) is 5.68. The molecule has 0 radical (unpaired) electrons. The predicted octanol–water partition coefficient (Wildman–Crippen LogP) is 5.40. The highest BCUT2D eigenvalue weighted by atomic mass is 15.0. The van der Waals surface area contributed by atoms with E-state index in [-0.39, 0.29) is 0 Å². The Kier molecular flexibility index (Phi) is 4.89. The van der Waals surface area contributed by atoms with Crippen LogP contribution in [0.15, 0.2) is 0 Å². The summed E-state index contributed by atoms with van der Waals surface area (Å²) in [6.45, 7) is 14.6. The van der Waals surface area contributed by atoms with E-state index in [4.69, 9.17) is 0 Å². The van der Waals surface area contributed by atoms with Crippen molar-refractivity contribution in [3.8, 4) is 0 Å². The van der Waals surface area contributed by atoms with Gasteiger partial charge in [-0.05, 0) is 54.8 Å². The molecular weight excluding hydrogens is 242 g/mol. The first kappa shape index (κ1) is 16.3. The first-order valence-electron chi connectivity index (χ1n) is 8.93. The van der Waals surface area contributed by atoms with Crippen LogP contribution in [0.2, 0.25) is 0 Å². The summed E-state index contributed by atoms with van der Waals surface area (Å²) < 4.78 is 0. The summed E-state index contributed by atoms with van der Waals surface area (Å²) in [5, 5.41) is 4.05. The Hall–Kier alpha value is -0.0400. The van der Waals surface area contributed by atoms with Crippen LogP contribution in [0, 0.1) is 22.7 Å². The van der Waals surface area contributed by atoms with Crippen molar-refractivity contribution in [1.29, 1.82) is 0 Å². The Morgan fingerprint density at radius 2 is 1.50 bits per heavy atom. The number of hydrogen-bond acceptors (Lipinski definition) is 1. The van der Waals surface area contributed by atoms with Crippen LogP contribution in [0.25, 0.3) is 0 Å². The third kappa shape index (κ3) is 4.48. The molecule has 2 saturated carbocycles. The van der Waals surface area contributed by atoms with Gasteiger partial charge in [-0.15, -0.1) is 0 Å². The van der Waals surface area contributed by atoms with E-state index in [1.165, 1.54) is 44.9 Å². The van der Waals surface area contributed by atoms with Gasteiger partial charge in [0.25, 0.3) is 0 Å². The Balaban J connectivity index is 1.92. The van der Waals surface area contributed by atoms with Crippen LogP contribution in [-0.2, 0) is 0 Å². The molecule has 0 aliphatic heterocycles. The van der Waals surface area contributed by atoms with Gasteiger partial charge in [-0.25, -0.2) is 0 Å². The molecule has 0 amide bonds. The lowest BCUT2D eigenvalue weighted by Crippen LogP contribution is -2.48. The molecule has 2 unspecified atom stereocenters. The summed E-state index contributed by atoms with van der Waals surface area (Å²) in [5.41, 5.74) is 1.01. The van der Waals surface area contributed by atoms with Gasteiger partial charge in [-0.2, -0.15) is 0 Å². The quantitative estimate of drug-likeness (QED) is 0.729. The topological polar surface area (TPSA) is 12.0 Å². The highest BCUT2D eigenvalue weighted by Gasteiger charge is 2.39. The van der Waals surface area contributed by atoms with Crippen LogP contribution in [-0.4, -0.2) is 12.1 Å². The van der Waals surface area contributed by atoms with Gasteiger partial charge in [-0.3, -0.25) is 0 Å². The number of hydrogen-bond donors (Lipinski definition) is 1. The van der Waals surface area contributed by atoms with Crippen molar-refractivity contribution in [1.82, 2.24) is 5.32 Å². The third-order valence-electron chi connectivity index (χ3n) is 5.68. The van der Waals surface area contributed by atoms with Crippen LogP contribution in [0.5, 0.6) is 0 Å². The van der Waals surface area contributed by atoms with E-state index in [2.05, 4.69) is 46.9 Å². The maximum atomic E-state index is 4.05. The van der Waals surface area contributed by atoms with Crippen LogP contribution in [0.1, 0.15) is 86.5 Å². The van der Waals surface area contributed by atoms with E-state index in [0.717, 1.165) is 23.9 Å². The van der Waals surface area contributed by atoms with E-state index < -0.39 is 0 Å². The van der Waals surface area contributed by atoms with Gasteiger partial charge in [0.1, 0.15) is 0 Å². The molecule has 0 saturated heterocycles. The van der Waals surface area contributed by atoms with Crippen molar-refractivity contribution in [2.24, 2.45) is 22.7 Å². The van der Waals surface area contributed by atoms with Crippen molar-refractivity contribution in [2.45, 2.75) is 98.6 Å². The molecule has 2 aliphatic rings. The second-order valence-electron chi connectivity index (χ2n) is 9.64. The molecule has 2 aliphatic carbocycles.